The van der Waals surface area contributed by atoms with Crippen molar-refractivity contribution in [2.24, 2.45) is 0 Å². The van der Waals surface area contributed by atoms with E-state index >= 15 is 0 Å². The summed E-state index contributed by atoms with van der Waals surface area (Å²) in [6.45, 7) is 8.01. The van der Waals surface area contributed by atoms with Gasteiger partial charge in [-0.15, -0.1) is 0 Å². The Morgan fingerprint density at radius 3 is 2.41 bits per heavy atom. The molecule has 0 saturated carbocycles. The Balaban J connectivity index is 2.97. The third kappa shape index (κ3) is 3.54. The minimum atomic E-state index is -0.214. The first-order chi connectivity index (χ1) is 7.91. The predicted octanol–water partition coefficient (Wildman–Crippen LogP) is 2.71. The SMILES string of the molecule is CCC(C)(CCO)Nc1nc(C)c(C)nc1Cl. The zero-order valence-electron chi connectivity index (χ0n) is 10.8. The first-order valence-corrected chi connectivity index (χ1v) is 6.19. The van der Waals surface area contributed by atoms with E-state index < -0.39 is 0 Å². The molecular formula is C12H20ClN3O. The lowest BCUT2D eigenvalue weighted by molar-refractivity contribution is 0.251. The van der Waals surface area contributed by atoms with Gasteiger partial charge in [-0.25, -0.2) is 9.97 Å². The number of aryl methyl sites for hydroxylation is 2. The summed E-state index contributed by atoms with van der Waals surface area (Å²) in [6, 6.07) is 0. The molecule has 0 aliphatic heterocycles. The fraction of sp³-hybridized carbons (Fsp3) is 0.667. The van der Waals surface area contributed by atoms with E-state index in [9.17, 15) is 0 Å². The molecule has 0 aromatic carbocycles. The first-order valence-electron chi connectivity index (χ1n) is 5.81. The van der Waals surface area contributed by atoms with Crippen LogP contribution in [0.25, 0.3) is 0 Å². The molecule has 17 heavy (non-hydrogen) atoms. The molecule has 1 heterocycles. The Morgan fingerprint density at radius 1 is 1.29 bits per heavy atom. The third-order valence-electron chi connectivity index (χ3n) is 3.13. The number of aliphatic hydroxyl groups is 1. The summed E-state index contributed by atoms with van der Waals surface area (Å²) in [5.41, 5.74) is 1.48. The number of aromatic nitrogens is 2. The quantitative estimate of drug-likeness (QED) is 0.852. The normalized spacial score (nSPS) is 14.5. The van der Waals surface area contributed by atoms with Gasteiger partial charge in [0.05, 0.1) is 11.4 Å². The van der Waals surface area contributed by atoms with Crippen LogP contribution in [-0.4, -0.2) is 27.2 Å². The molecule has 96 valence electrons. The Bertz CT molecular complexity index is 398. The molecule has 1 unspecified atom stereocenters. The van der Waals surface area contributed by atoms with Crippen LogP contribution >= 0.6 is 11.6 Å². The fourth-order valence-corrected chi connectivity index (χ4v) is 1.73. The molecule has 0 aliphatic carbocycles. The zero-order chi connectivity index (χ0) is 13.1. The van der Waals surface area contributed by atoms with Gasteiger partial charge in [0.25, 0.3) is 0 Å². The number of nitrogens with one attached hydrogen (secondary N) is 1. The number of rotatable bonds is 5. The molecule has 0 saturated heterocycles. The average molecular weight is 258 g/mol. The summed E-state index contributed by atoms with van der Waals surface area (Å²) in [4.78, 5) is 8.63. The van der Waals surface area contributed by atoms with E-state index in [0.717, 1.165) is 17.8 Å². The van der Waals surface area contributed by atoms with Crippen molar-refractivity contribution in [2.45, 2.75) is 46.1 Å². The van der Waals surface area contributed by atoms with Gasteiger partial charge in [-0.2, -0.15) is 0 Å². The summed E-state index contributed by atoms with van der Waals surface area (Å²) >= 11 is 6.07. The van der Waals surface area contributed by atoms with Crippen molar-refractivity contribution in [2.75, 3.05) is 11.9 Å². The number of anilines is 1. The number of nitrogens with zero attached hydrogens (tertiary/aromatic N) is 2. The van der Waals surface area contributed by atoms with Crippen LogP contribution < -0.4 is 5.32 Å². The van der Waals surface area contributed by atoms with Gasteiger partial charge < -0.3 is 10.4 Å². The molecule has 5 heteroatoms. The Morgan fingerprint density at radius 2 is 1.88 bits per heavy atom. The molecular weight excluding hydrogens is 238 g/mol. The second-order valence-electron chi connectivity index (χ2n) is 4.55. The molecule has 4 nitrogen and oxygen atoms in total. The van der Waals surface area contributed by atoms with E-state index in [2.05, 4.69) is 22.2 Å². The van der Waals surface area contributed by atoms with Crippen molar-refractivity contribution in [1.29, 1.82) is 0 Å². The highest BCUT2D eigenvalue weighted by Crippen LogP contribution is 2.25. The molecule has 1 aromatic heterocycles. The highest BCUT2D eigenvalue weighted by atomic mass is 35.5. The smallest absolute Gasteiger partial charge is 0.171 e. The van der Waals surface area contributed by atoms with E-state index in [0.29, 0.717) is 17.4 Å². The van der Waals surface area contributed by atoms with E-state index in [4.69, 9.17) is 16.7 Å². The van der Waals surface area contributed by atoms with Gasteiger partial charge in [0.15, 0.2) is 11.0 Å². The van der Waals surface area contributed by atoms with Crippen molar-refractivity contribution in [3.8, 4) is 0 Å². The maximum Gasteiger partial charge on any atom is 0.171 e. The molecule has 0 amide bonds. The lowest BCUT2D eigenvalue weighted by atomic mass is 9.95. The molecule has 0 bridgehead atoms. The summed E-state index contributed by atoms with van der Waals surface area (Å²) in [7, 11) is 0. The minimum absolute atomic E-state index is 0.132. The van der Waals surface area contributed by atoms with Gasteiger partial charge in [-0.05, 0) is 33.6 Å². The predicted molar refractivity (Wildman–Crippen MR) is 70.5 cm³/mol. The standard InChI is InChI=1S/C12H20ClN3O/c1-5-12(4,6-7-17)16-11-10(13)14-8(2)9(3)15-11/h17H,5-7H2,1-4H3,(H,15,16). The topological polar surface area (TPSA) is 58.0 Å². The van der Waals surface area contributed by atoms with Crippen LogP contribution in [0.3, 0.4) is 0 Å². The number of aliphatic hydroxyl groups excluding tert-OH is 1. The Kier molecular flexibility index (Phi) is 4.71. The van der Waals surface area contributed by atoms with Crippen molar-refractivity contribution < 1.29 is 5.11 Å². The largest absolute Gasteiger partial charge is 0.396 e. The average Bonchev–Trinajstić information content (AvgIpc) is 2.26. The minimum Gasteiger partial charge on any atom is -0.396 e. The van der Waals surface area contributed by atoms with Gasteiger partial charge in [0.2, 0.25) is 0 Å². The van der Waals surface area contributed by atoms with Crippen LogP contribution in [0.4, 0.5) is 5.82 Å². The first kappa shape index (κ1) is 14.2. The van der Waals surface area contributed by atoms with Gasteiger partial charge in [-0.1, -0.05) is 18.5 Å². The molecule has 0 radical (unpaired) electrons. The van der Waals surface area contributed by atoms with Gasteiger partial charge >= 0.3 is 0 Å². The molecule has 0 aliphatic rings. The lowest BCUT2D eigenvalue weighted by Crippen LogP contribution is -2.35. The number of hydrogen-bond donors (Lipinski definition) is 2. The van der Waals surface area contributed by atoms with Gasteiger partial charge in [-0.3, -0.25) is 0 Å². The second-order valence-corrected chi connectivity index (χ2v) is 4.90. The molecule has 1 rings (SSSR count). The van der Waals surface area contributed by atoms with Crippen LogP contribution in [0.5, 0.6) is 0 Å². The summed E-state index contributed by atoms with van der Waals surface area (Å²) in [5, 5.41) is 12.7. The highest BCUT2D eigenvalue weighted by molar-refractivity contribution is 6.31. The molecule has 0 fully saturated rings. The second kappa shape index (κ2) is 5.65. The summed E-state index contributed by atoms with van der Waals surface area (Å²) < 4.78 is 0. The van der Waals surface area contributed by atoms with E-state index in [1.54, 1.807) is 0 Å². The van der Waals surface area contributed by atoms with E-state index in [1.165, 1.54) is 0 Å². The van der Waals surface area contributed by atoms with Crippen LogP contribution in [0.1, 0.15) is 38.1 Å². The van der Waals surface area contributed by atoms with Gasteiger partial charge in [0, 0.05) is 12.1 Å². The van der Waals surface area contributed by atoms with Crippen LogP contribution in [0.2, 0.25) is 5.15 Å². The Labute approximate surface area is 107 Å². The highest BCUT2D eigenvalue weighted by Gasteiger charge is 2.23. The number of hydrogen-bond acceptors (Lipinski definition) is 4. The van der Waals surface area contributed by atoms with Crippen molar-refractivity contribution in [3.63, 3.8) is 0 Å². The van der Waals surface area contributed by atoms with Crippen molar-refractivity contribution in [1.82, 2.24) is 9.97 Å². The summed E-state index contributed by atoms with van der Waals surface area (Å²) in [6.07, 6.45) is 1.52. The summed E-state index contributed by atoms with van der Waals surface area (Å²) in [5.74, 6) is 0.590. The van der Waals surface area contributed by atoms with Crippen LogP contribution in [0, 0.1) is 13.8 Å². The number of halogens is 1. The van der Waals surface area contributed by atoms with E-state index in [1.807, 2.05) is 20.8 Å². The molecule has 1 atom stereocenters. The fourth-order valence-electron chi connectivity index (χ4n) is 1.52. The molecule has 0 spiro atoms. The Hall–Kier alpha value is -0.870. The van der Waals surface area contributed by atoms with Crippen LogP contribution in [-0.2, 0) is 0 Å². The maximum atomic E-state index is 9.07. The van der Waals surface area contributed by atoms with Crippen molar-refractivity contribution >= 4 is 17.4 Å². The monoisotopic (exact) mass is 257 g/mol. The van der Waals surface area contributed by atoms with Crippen LogP contribution in [0.15, 0.2) is 0 Å². The third-order valence-corrected chi connectivity index (χ3v) is 3.39. The van der Waals surface area contributed by atoms with Crippen molar-refractivity contribution in [3.05, 3.63) is 16.5 Å². The molecule has 2 N–H and O–H groups in total. The lowest BCUT2D eigenvalue weighted by Gasteiger charge is -2.30. The maximum absolute atomic E-state index is 9.07. The zero-order valence-corrected chi connectivity index (χ0v) is 11.6. The van der Waals surface area contributed by atoms with E-state index in [-0.39, 0.29) is 12.1 Å². The van der Waals surface area contributed by atoms with Gasteiger partial charge in [0.1, 0.15) is 0 Å². The molecule has 1 aromatic rings.